The van der Waals surface area contributed by atoms with E-state index < -0.39 is 22.1 Å². The highest BCUT2D eigenvalue weighted by Gasteiger charge is 2.35. The van der Waals surface area contributed by atoms with Gasteiger partial charge in [0.2, 0.25) is 10.0 Å². The van der Waals surface area contributed by atoms with Crippen molar-refractivity contribution in [2.24, 2.45) is 0 Å². The van der Waals surface area contributed by atoms with Gasteiger partial charge in [0.1, 0.15) is 5.82 Å². The predicted molar refractivity (Wildman–Crippen MR) is 146 cm³/mol. The van der Waals surface area contributed by atoms with Crippen LogP contribution in [-0.2, 0) is 10.0 Å². The zero-order chi connectivity index (χ0) is 26.6. The summed E-state index contributed by atoms with van der Waals surface area (Å²) in [5, 5.41) is 15.0. The molecule has 1 heterocycles. The van der Waals surface area contributed by atoms with Crippen LogP contribution in [0.15, 0.2) is 80.6 Å². The van der Waals surface area contributed by atoms with Crippen LogP contribution >= 0.6 is 31.9 Å². The molecule has 2 unspecified atom stereocenters. The molecule has 3 N–H and O–H groups in total. The summed E-state index contributed by atoms with van der Waals surface area (Å²) < 4.78 is 42.8. The van der Waals surface area contributed by atoms with Crippen molar-refractivity contribution >= 4 is 53.6 Å². The average Bonchev–Trinajstić information content (AvgIpc) is 3.25. The zero-order valence-corrected chi connectivity index (χ0v) is 23.3. The molecular formula is C25H22Br2FN5O3S. The third-order valence-corrected chi connectivity index (χ3v) is 8.85. The van der Waals surface area contributed by atoms with E-state index in [1.165, 1.54) is 23.1 Å². The Labute approximate surface area is 231 Å². The molecule has 4 rings (SSSR count). The normalized spacial score (nSPS) is 17.3. The second-order valence-corrected chi connectivity index (χ2v) is 11.9. The molecule has 37 heavy (non-hydrogen) atoms. The highest BCUT2D eigenvalue weighted by molar-refractivity contribution is 9.11. The van der Waals surface area contributed by atoms with Gasteiger partial charge in [0.25, 0.3) is 0 Å². The second kappa shape index (κ2) is 11.6. The fourth-order valence-electron chi connectivity index (χ4n) is 4.09. The lowest BCUT2D eigenvalue weighted by Gasteiger charge is -2.18. The summed E-state index contributed by atoms with van der Waals surface area (Å²) in [6, 6.07) is 16.7. The molecule has 0 spiro atoms. The summed E-state index contributed by atoms with van der Waals surface area (Å²) in [5.74, 6) is -0.327. The summed E-state index contributed by atoms with van der Waals surface area (Å²) in [6.07, 6.45) is 2.42. The molecule has 2 atom stereocenters. The fourth-order valence-corrected chi connectivity index (χ4v) is 6.83. The van der Waals surface area contributed by atoms with E-state index in [1.807, 2.05) is 6.07 Å². The molecule has 2 amide bonds. The lowest BCUT2D eigenvalue weighted by molar-refractivity contribution is 0.248. The number of sulfonamides is 1. The van der Waals surface area contributed by atoms with Crippen molar-refractivity contribution in [1.82, 2.24) is 14.9 Å². The first kappa shape index (κ1) is 27.1. The van der Waals surface area contributed by atoms with Crippen molar-refractivity contribution in [2.75, 3.05) is 18.4 Å². The van der Waals surface area contributed by atoms with Crippen LogP contribution in [0.4, 0.5) is 14.9 Å². The van der Waals surface area contributed by atoms with Gasteiger partial charge in [-0.25, -0.2) is 22.3 Å². The number of anilines is 1. The number of urea groups is 1. The monoisotopic (exact) mass is 649 g/mol. The molecule has 3 aromatic rings. The van der Waals surface area contributed by atoms with Crippen molar-refractivity contribution < 1.29 is 17.6 Å². The van der Waals surface area contributed by atoms with E-state index in [0.29, 0.717) is 21.1 Å². The summed E-state index contributed by atoms with van der Waals surface area (Å²) in [5.41, 5.74) is 2.18. The number of carbonyl (C=O) groups excluding carboxylic acids is 1. The number of amides is 2. The van der Waals surface area contributed by atoms with Gasteiger partial charge >= 0.3 is 6.03 Å². The molecule has 8 nitrogen and oxygen atoms in total. The minimum absolute atomic E-state index is 0.0919. The van der Waals surface area contributed by atoms with Crippen LogP contribution in [0, 0.1) is 17.3 Å². The standard InChI is InChI=1S/C25H22Br2FN5O3S/c26-18-6-9-23(27)24(11-18)37(35,36)32-21-12-22(33(14-21)15-29)13-30-25(34)31-20-3-1-2-17(10-20)16-4-7-19(28)8-5-16/h1-11,21-22,32H,12-14H2,(H2,30,31,34). The van der Waals surface area contributed by atoms with Crippen LogP contribution < -0.4 is 15.4 Å². The van der Waals surface area contributed by atoms with Crippen molar-refractivity contribution in [3.63, 3.8) is 0 Å². The maximum absolute atomic E-state index is 13.2. The average molecular weight is 651 g/mol. The van der Waals surface area contributed by atoms with E-state index in [-0.39, 0.29) is 29.8 Å². The van der Waals surface area contributed by atoms with Crippen LogP contribution in [0.5, 0.6) is 0 Å². The Kier molecular flexibility index (Phi) is 8.49. The minimum Gasteiger partial charge on any atom is -0.336 e. The quantitative estimate of drug-likeness (QED) is 0.310. The molecule has 3 aromatic carbocycles. The van der Waals surface area contributed by atoms with E-state index in [1.54, 1.807) is 42.5 Å². The summed E-state index contributed by atoms with van der Waals surface area (Å²) in [7, 11) is -3.84. The fraction of sp³-hybridized carbons (Fsp3) is 0.200. The molecule has 0 aromatic heterocycles. The number of nitrogens with zero attached hydrogens (tertiary/aromatic N) is 2. The predicted octanol–water partition coefficient (Wildman–Crippen LogP) is 5.04. The van der Waals surface area contributed by atoms with E-state index in [0.717, 1.165) is 11.1 Å². The van der Waals surface area contributed by atoms with Crippen LogP contribution in [0.25, 0.3) is 11.1 Å². The first-order chi connectivity index (χ1) is 17.6. The Balaban J connectivity index is 1.34. The van der Waals surface area contributed by atoms with Crippen LogP contribution in [0.3, 0.4) is 0 Å². The molecule has 1 fully saturated rings. The molecular weight excluding hydrogens is 629 g/mol. The Hall–Kier alpha value is -2.98. The maximum atomic E-state index is 13.2. The topological polar surface area (TPSA) is 114 Å². The van der Waals surface area contributed by atoms with Crippen LogP contribution in [0.2, 0.25) is 0 Å². The molecule has 1 aliphatic rings. The number of nitriles is 1. The number of carbonyl (C=O) groups is 1. The van der Waals surface area contributed by atoms with E-state index in [4.69, 9.17) is 0 Å². The maximum Gasteiger partial charge on any atom is 0.319 e. The molecule has 1 aliphatic heterocycles. The molecule has 1 saturated heterocycles. The largest absolute Gasteiger partial charge is 0.336 e. The van der Waals surface area contributed by atoms with Crippen molar-refractivity contribution in [3.05, 3.63) is 81.5 Å². The van der Waals surface area contributed by atoms with Crippen molar-refractivity contribution in [3.8, 4) is 17.3 Å². The van der Waals surface area contributed by atoms with E-state index in [9.17, 15) is 22.9 Å². The number of halogens is 3. The van der Waals surface area contributed by atoms with Crippen LogP contribution in [0.1, 0.15) is 6.42 Å². The zero-order valence-electron chi connectivity index (χ0n) is 19.3. The first-order valence-electron chi connectivity index (χ1n) is 11.2. The van der Waals surface area contributed by atoms with Gasteiger partial charge in [-0.2, -0.15) is 5.26 Å². The molecule has 12 heteroatoms. The lowest BCUT2D eigenvalue weighted by Crippen LogP contribution is -2.39. The Morgan fingerprint density at radius 3 is 2.57 bits per heavy atom. The van der Waals surface area contributed by atoms with Crippen molar-refractivity contribution in [1.29, 1.82) is 5.26 Å². The molecule has 192 valence electrons. The van der Waals surface area contributed by atoms with Crippen molar-refractivity contribution in [2.45, 2.75) is 23.4 Å². The van der Waals surface area contributed by atoms with Gasteiger partial charge in [-0.05, 0) is 75.9 Å². The first-order valence-corrected chi connectivity index (χ1v) is 14.3. The number of nitrogens with one attached hydrogen (secondary N) is 3. The Morgan fingerprint density at radius 1 is 1.08 bits per heavy atom. The van der Waals surface area contributed by atoms with Gasteiger partial charge in [-0.15, -0.1) is 0 Å². The summed E-state index contributed by atoms with van der Waals surface area (Å²) in [6.45, 7) is 0.338. The van der Waals surface area contributed by atoms with Gasteiger partial charge in [-0.1, -0.05) is 40.2 Å². The van der Waals surface area contributed by atoms with Gasteiger partial charge in [0.05, 0.1) is 10.9 Å². The number of hydrogen-bond donors (Lipinski definition) is 3. The molecule has 0 saturated carbocycles. The van der Waals surface area contributed by atoms with Crippen LogP contribution in [-0.4, -0.2) is 44.5 Å². The number of benzene rings is 3. The molecule has 0 aliphatic carbocycles. The van der Waals surface area contributed by atoms with E-state index in [2.05, 4.69) is 53.4 Å². The van der Waals surface area contributed by atoms with Gasteiger partial charge in [0, 0.05) is 33.8 Å². The highest BCUT2D eigenvalue weighted by atomic mass is 79.9. The Bertz CT molecular complexity index is 1450. The minimum atomic E-state index is -3.84. The summed E-state index contributed by atoms with van der Waals surface area (Å²) >= 11 is 6.55. The number of likely N-dealkylation sites (tertiary alicyclic amines) is 1. The second-order valence-electron chi connectivity index (χ2n) is 8.46. The molecule has 0 bridgehead atoms. The molecule has 0 radical (unpaired) electrons. The lowest BCUT2D eigenvalue weighted by atomic mass is 10.1. The van der Waals surface area contributed by atoms with Gasteiger partial charge in [0.15, 0.2) is 6.19 Å². The number of rotatable bonds is 7. The SMILES string of the molecule is N#CN1CC(NS(=O)(=O)c2cc(Br)ccc2Br)CC1CNC(=O)Nc1cccc(-c2ccc(F)cc2)c1. The summed E-state index contributed by atoms with van der Waals surface area (Å²) in [4.78, 5) is 14.1. The third-order valence-electron chi connectivity index (χ3n) is 5.84. The van der Waals surface area contributed by atoms with Gasteiger partial charge in [-0.3, -0.25) is 0 Å². The number of hydrogen-bond acceptors (Lipinski definition) is 5. The smallest absolute Gasteiger partial charge is 0.319 e. The van der Waals surface area contributed by atoms with E-state index >= 15 is 0 Å². The highest BCUT2D eigenvalue weighted by Crippen LogP contribution is 2.27. The van der Waals surface area contributed by atoms with Gasteiger partial charge < -0.3 is 15.5 Å². The third kappa shape index (κ3) is 6.87. The Morgan fingerprint density at radius 2 is 1.84 bits per heavy atom.